The first-order chi connectivity index (χ1) is 7.81. The van der Waals surface area contributed by atoms with Crippen molar-refractivity contribution in [3.63, 3.8) is 0 Å². The summed E-state index contributed by atoms with van der Waals surface area (Å²) in [6.45, 7) is 5.94. The molecule has 100 valence electrons. The molecule has 2 saturated heterocycles. The molecule has 0 bridgehead atoms. The van der Waals surface area contributed by atoms with Crippen LogP contribution in [-0.4, -0.2) is 55.9 Å². The SMILES string of the molecule is CCN=C(N)N1CCOC(C2CCCO2)C1.I. The van der Waals surface area contributed by atoms with Crippen molar-refractivity contribution >= 4 is 29.9 Å². The Kier molecular flexibility index (Phi) is 6.50. The van der Waals surface area contributed by atoms with Gasteiger partial charge in [-0.1, -0.05) is 0 Å². The first-order valence-electron chi connectivity index (χ1n) is 6.09. The van der Waals surface area contributed by atoms with Gasteiger partial charge in [0, 0.05) is 26.2 Å². The minimum atomic E-state index is 0. The summed E-state index contributed by atoms with van der Waals surface area (Å²) in [4.78, 5) is 6.33. The van der Waals surface area contributed by atoms with Gasteiger partial charge in [-0.3, -0.25) is 4.99 Å². The summed E-state index contributed by atoms with van der Waals surface area (Å²) < 4.78 is 11.4. The smallest absolute Gasteiger partial charge is 0.191 e. The summed E-state index contributed by atoms with van der Waals surface area (Å²) in [6.07, 6.45) is 2.64. The van der Waals surface area contributed by atoms with Gasteiger partial charge in [0.25, 0.3) is 0 Å². The second kappa shape index (κ2) is 7.38. The maximum absolute atomic E-state index is 5.90. The molecule has 0 saturated carbocycles. The van der Waals surface area contributed by atoms with Crippen LogP contribution in [0.25, 0.3) is 0 Å². The van der Waals surface area contributed by atoms with E-state index < -0.39 is 0 Å². The van der Waals surface area contributed by atoms with E-state index in [4.69, 9.17) is 15.2 Å². The lowest BCUT2D eigenvalue weighted by molar-refractivity contribution is -0.0813. The number of ether oxygens (including phenoxy) is 2. The molecule has 2 atom stereocenters. The molecule has 2 unspecified atom stereocenters. The number of nitrogens with two attached hydrogens (primary N) is 1. The number of guanidine groups is 1. The summed E-state index contributed by atoms with van der Waals surface area (Å²) in [5.74, 6) is 0.633. The zero-order valence-corrected chi connectivity index (χ0v) is 12.6. The van der Waals surface area contributed by atoms with Crippen molar-refractivity contribution in [2.75, 3.05) is 32.8 Å². The average Bonchev–Trinajstić information content (AvgIpc) is 2.83. The van der Waals surface area contributed by atoms with Crippen LogP contribution in [0.5, 0.6) is 0 Å². The highest BCUT2D eigenvalue weighted by Gasteiger charge is 2.31. The van der Waals surface area contributed by atoms with Crippen LogP contribution in [0.2, 0.25) is 0 Å². The van der Waals surface area contributed by atoms with Crippen molar-refractivity contribution in [2.24, 2.45) is 10.7 Å². The van der Waals surface area contributed by atoms with Gasteiger partial charge in [0.15, 0.2) is 5.96 Å². The number of hydrogen-bond donors (Lipinski definition) is 1. The zero-order valence-electron chi connectivity index (χ0n) is 10.3. The van der Waals surface area contributed by atoms with Crippen molar-refractivity contribution in [3.8, 4) is 0 Å². The topological polar surface area (TPSA) is 60.1 Å². The van der Waals surface area contributed by atoms with Gasteiger partial charge >= 0.3 is 0 Å². The third kappa shape index (κ3) is 3.96. The molecule has 0 aliphatic carbocycles. The fourth-order valence-corrected chi connectivity index (χ4v) is 2.27. The first-order valence-corrected chi connectivity index (χ1v) is 6.09. The van der Waals surface area contributed by atoms with Crippen LogP contribution in [0.1, 0.15) is 19.8 Å². The number of hydrogen-bond acceptors (Lipinski definition) is 3. The monoisotopic (exact) mass is 355 g/mol. The second-order valence-corrected chi connectivity index (χ2v) is 4.24. The maximum atomic E-state index is 5.90. The molecule has 17 heavy (non-hydrogen) atoms. The molecule has 0 aromatic rings. The van der Waals surface area contributed by atoms with E-state index >= 15 is 0 Å². The standard InChI is InChI=1S/C11H21N3O2.HI/c1-2-13-11(12)14-5-7-16-10(8-14)9-4-3-6-15-9;/h9-10H,2-8H2,1H3,(H2,12,13);1H. The van der Waals surface area contributed by atoms with Gasteiger partial charge < -0.3 is 20.1 Å². The van der Waals surface area contributed by atoms with Gasteiger partial charge in [-0.25, -0.2) is 0 Å². The lowest BCUT2D eigenvalue weighted by Crippen LogP contribution is -2.52. The second-order valence-electron chi connectivity index (χ2n) is 4.24. The Morgan fingerprint density at radius 1 is 1.35 bits per heavy atom. The molecular formula is C11H22IN3O2. The minimum absolute atomic E-state index is 0. The van der Waals surface area contributed by atoms with Crippen LogP contribution in [-0.2, 0) is 9.47 Å². The number of rotatable bonds is 2. The summed E-state index contributed by atoms with van der Waals surface area (Å²) in [7, 11) is 0. The Hall–Kier alpha value is -0.0800. The van der Waals surface area contributed by atoms with Crippen molar-refractivity contribution in [2.45, 2.75) is 32.0 Å². The highest BCUT2D eigenvalue weighted by Crippen LogP contribution is 2.20. The van der Waals surface area contributed by atoms with Crippen LogP contribution in [0, 0.1) is 0 Å². The lowest BCUT2D eigenvalue weighted by atomic mass is 10.1. The zero-order chi connectivity index (χ0) is 11.4. The van der Waals surface area contributed by atoms with E-state index in [2.05, 4.69) is 9.89 Å². The van der Waals surface area contributed by atoms with E-state index in [0.717, 1.165) is 39.1 Å². The van der Waals surface area contributed by atoms with E-state index in [9.17, 15) is 0 Å². The first kappa shape index (κ1) is 15.0. The Bertz CT molecular complexity index is 257. The van der Waals surface area contributed by atoms with Crippen LogP contribution in [0.3, 0.4) is 0 Å². The summed E-state index contributed by atoms with van der Waals surface area (Å²) in [5.41, 5.74) is 5.90. The normalized spacial score (nSPS) is 30.2. The molecule has 2 fully saturated rings. The third-order valence-corrected chi connectivity index (χ3v) is 3.12. The van der Waals surface area contributed by atoms with Gasteiger partial charge in [-0.15, -0.1) is 24.0 Å². The van der Waals surface area contributed by atoms with Crippen molar-refractivity contribution in [1.29, 1.82) is 0 Å². The van der Waals surface area contributed by atoms with Gasteiger partial charge in [-0.05, 0) is 19.8 Å². The number of halogens is 1. The molecule has 6 heteroatoms. The molecule has 0 amide bonds. The van der Waals surface area contributed by atoms with Crippen molar-refractivity contribution in [1.82, 2.24) is 4.90 Å². The largest absolute Gasteiger partial charge is 0.375 e. The van der Waals surface area contributed by atoms with Crippen molar-refractivity contribution in [3.05, 3.63) is 0 Å². The van der Waals surface area contributed by atoms with E-state index in [1.54, 1.807) is 0 Å². The molecular weight excluding hydrogens is 333 g/mol. The predicted molar refractivity (Wildman–Crippen MR) is 77.9 cm³/mol. The molecule has 2 N–H and O–H groups in total. The predicted octanol–water partition coefficient (Wildman–Crippen LogP) is 0.819. The van der Waals surface area contributed by atoms with Crippen LogP contribution in [0.15, 0.2) is 4.99 Å². The lowest BCUT2D eigenvalue weighted by Gasteiger charge is -2.35. The minimum Gasteiger partial charge on any atom is -0.375 e. The summed E-state index contributed by atoms with van der Waals surface area (Å²) in [6, 6.07) is 0. The highest BCUT2D eigenvalue weighted by molar-refractivity contribution is 14.0. The maximum Gasteiger partial charge on any atom is 0.191 e. The van der Waals surface area contributed by atoms with E-state index in [1.165, 1.54) is 0 Å². The Labute approximate surface area is 120 Å². The molecule has 2 heterocycles. The third-order valence-electron chi connectivity index (χ3n) is 3.12. The molecule has 0 aromatic heterocycles. The summed E-state index contributed by atoms with van der Waals surface area (Å²) in [5, 5.41) is 0. The van der Waals surface area contributed by atoms with Crippen LogP contribution < -0.4 is 5.73 Å². The van der Waals surface area contributed by atoms with Crippen molar-refractivity contribution < 1.29 is 9.47 Å². The molecule has 2 aliphatic heterocycles. The Balaban J connectivity index is 0.00000144. The summed E-state index contributed by atoms with van der Waals surface area (Å²) >= 11 is 0. The Morgan fingerprint density at radius 2 is 2.12 bits per heavy atom. The van der Waals surface area contributed by atoms with Gasteiger partial charge in [-0.2, -0.15) is 0 Å². The van der Waals surface area contributed by atoms with E-state index in [1.807, 2.05) is 6.92 Å². The molecule has 0 spiro atoms. The Morgan fingerprint density at radius 3 is 2.76 bits per heavy atom. The molecule has 2 rings (SSSR count). The van der Waals surface area contributed by atoms with Crippen LogP contribution in [0.4, 0.5) is 0 Å². The molecule has 0 aromatic carbocycles. The number of nitrogens with zero attached hydrogens (tertiary/aromatic N) is 2. The molecule has 5 nitrogen and oxygen atoms in total. The number of morpholine rings is 1. The van der Waals surface area contributed by atoms with Gasteiger partial charge in [0.1, 0.15) is 6.10 Å². The molecule has 2 aliphatic rings. The number of aliphatic imine (C=N–C) groups is 1. The van der Waals surface area contributed by atoms with Gasteiger partial charge in [0.2, 0.25) is 0 Å². The quantitative estimate of drug-likeness (QED) is 0.453. The fourth-order valence-electron chi connectivity index (χ4n) is 2.27. The van der Waals surface area contributed by atoms with E-state index in [-0.39, 0.29) is 36.2 Å². The van der Waals surface area contributed by atoms with Gasteiger partial charge in [0.05, 0.1) is 12.7 Å². The highest BCUT2D eigenvalue weighted by atomic mass is 127. The van der Waals surface area contributed by atoms with Crippen LogP contribution >= 0.6 is 24.0 Å². The fraction of sp³-hybridized carbons (Fsp3) is 0.909. The average molecular weight is 355 g/mol. The molecule has 0 radical (unpaired) electrons. The van der Waals surface area contributed by atoms with E-state index in [0.29, 0.717) is 12.6 Å².